The molecule has 0 radical (unpaired) electrons. The fraction of sp³-hybridized carbons (Fsp3) is 0.250. The van der Waals surface area contributed by atoms with Gasteiger partial charge in [-0.25, -0.2) is 19.2 Å². The van der Waals surface area contributed by atoms with E-state index >= 15 is 4.39 Å². The zero-order valence-corrected chi connectivity index (χ0v) is 19.0. The summed E-state index contributed by atoms with van der Waals surface area (Å²) in [6.45, 7) is 4.99. The smallest absolute Gasteiger partial charge is 0.320 e. The molecule has 0 bridgehead atoms. The number of anilines is 2. The van der Waals surface area contributed by atoms with Gasteiger partial charge >= 0.3 is 6.03 Å². The molecule has 4 heterocycles. The van der Waals surface area contributed by atoms with Crippen LogP contribution in [0.3, 0.4) is 0 Å². The molecule has 2 amide bonds. The molecule has 10 heteroatoms. The van der Waals surface area contributed by atoms with Crippen LogP contribution in [0.4, 0.5) is 20.7 Å². The first-order chi connectivity index (χ1) is 16.4. The summed E-state index contributed by atoms with van der Waals surface area (Å²) >= 11 is 0. The number of aryl methyl sites for hydroxylation is 1. The molecule has 9 nitrogen and oxygen atoms in total. The topological polar surface area (TPSA) is 106 Å². The number of halogens is 1. The first kappa shape index (κ1) is 21.6. The predicted molar refractivity (Wildman–Crippen MR) is 127 cm³/mol. The molecule has 174 valence electrons. The van der Waals surface area contributed by atoms with Gasteiger partial charge < -0.3 is 15.4 Å². The molecule has 1 aliphatic heterocycles. The van der Waals surface area contributed by atoms with Crippen molar-refractivity contribution in [2.24, 2.45) is 7.05 Å². The van der Waals surface area contributed by atoms with E-state index in [1.807, 2.05) is 27.1 Å². The van der Waals surface area contributed by atoms with Crippen LogP contribution in [0.1, 0.15) is 24.1 Å². The number of benzene rings is 1. The average Bonchev–Trinajstić information content (AvgIpc) is 3.26. The Balaban J connectivity index is 1.41. The summed E-state index contributed by atoms with van der Waals surface area (Å²) in [5.41, 5.74) is 3.61. The van der Waals surface area contributed by atoms with Crippen LogP contribution in [0.15, 0.2) is 43.0 Å². The van der Waals surface area contributed by atoms with E-state index in [1.54, 1.807) is 29.2 Å². The van der Waals surface area contributed by atoms with Gasteiger partial charge in [-0.15, -0.1) is 0 Å². The first-order valence-corrected chi connectivity index (χ1v) is 10.9. The Hall–Kier alpha value is -4.21. The van der Waals surface area contributed by atoms with E-state index in [-0.39, 0.29) is 11.9 Å². The number of hydrogen-bond acceptors (Lipinski definition) is 6. The molecule has 1 aromatic carbocycles. The number of pyridine rings is 2. The minimum Gasteiger partial charge on any atom is -0.474 e. The van der Waals surface area contributed by atoms with Crippen LogP contribution in [0, 0.1) is 12.7 Å². The highest BCUT2D eigenvalue weighted by molar-refractivity contribution is 5.94. The Morgan fingerprint density at radius 2 is 2.03 bits per heavy atom. The Morgan fingerprint density at radius 1 is 1.18 bits per heavy atom. The van der Waals surface area contributed by atoms with Crippen LogP contribution in [-0.4, -0.2) is 38.9 Å². The van der Waals surface area contributed by atoms with Gasteiger partial charge in [0.05, 0.1) is 12.2 Å². The normalized spacial score (nSPS) is 13.5. The zero-order chi connectivity index (χ0) is 23.8. The number of nitrogens with one attached hydrogen (secondary N) is 3. The lowest BCUT2D eigenvalue weighted by Crippen LogP contribution is -2.31. The van der Waals surface area contributed by atoms with Crippen LogP contribution in [0.5, 0.6) is 5.88 Å². The molecule has 3 N–H and O–H groups in total. The third kappa shape index (κ3) is 4.09. The Morgan fingerprint density at radius 3 is 2.82 bits per heavy atom. The van der Waals surface area contributed by atoms with Crippen LogP contribution in [0.25, 0.3) is 21.9 Å². The number of fused-ring (bicyclic) bond motifs is 2. The lowest BCUT2D eigenvalue weighted by Gasteiger charge is -2.21. The second-order valence-corrected chi connectivity index (χ2v) is 8.27. The molecule has 0 unspecified atom stereocenters. The minimum absolute atomic E-state index is 0.230. The van der Waals surface area contributed by atoms with Gasteiger partial charge in [-0.2, -0.15) is 5.10 Å². The number of carbonyl (C=O) groups excluding carboxylic acids is 1. The number of nitrogens with zero attached hydrogens (tertiary/aromatic N) is 4. The van der Waals surface area contributed by atoms with Crippen LogP contribution >= 0.6 is 0 Å². The fourth-order valence-electron chi connectivity index (χ4n) is 4.03. The lowest BCUT2D eigenvalue weighted by atomic mass is 9.98. The molecule has 1 atom stereocenters. The Bertz CT molecular complexity index is 1400. The van der Waals surface area contributed by atoms with Gasteiger partial charge in [-0.3, -0.25) is 10.00 Å². The maximum atomic E-state index is 15.0. The maximum Gasteiger partial charge on any atom is 0.320 e. The predicted octanol–water partition coefficient (Wildman–Crippen LogP) is 4.16. The summed E-state index contributed by atoms with van der Waals surface area (Å²) in [6, 6.07) is 4.27. The molecule has 5 rings (SSSR count). The summed E-state index contributed by atoms with van der Waals surface area (Å²) in [4.78, 5) is 21.1. The van der Waals surface area contributed by atoms with Crippen molar-refractivity contribution in [1.29, 1.82) is 0 Å². The molecule has 3 aromatic heterocycles. The molecule has 0 fully saturated rings. The number of amides is 2. The van der Waals surface area contributed by atoms with E-state index < -0.39 is 6.03 Å². The van der Waals surface area contributed by atoms with Gasteiger partial charge in [0.15, 0.2) is 0 Å². The Labute approximate surface area is 195 Å². The van der Waals surface area contributed by atoms with E-state index in [0.717, 1.165) is 22.2 Å². The van der Waals surface area contributed by atoms with Crippen molar-refractivity contribution in [2.75, 3.05) is 23.8 Å². The SMILES string of the molecule is Cc1c(-c2cc3cc(NC(=O)N[C@H](C)c4cnn(C)c4)ncc3cc2F)cnc2c1NCCO2. The molecule has 0 saturated carbocycles. The van der Waals surface area contributed by atoms with Crippen molar-refractivity contribution < 1.29 is 13.9 Å². The molecule has 1 aliphatic rings. The molecular weight excluding hydrogens is 437 g/mol. The van der Waals surface area contributed by atoms with Crippen LogP contribution in [0.2, 0.25) is 0 Å². The molecule has 0 aliphatic carbocycles. The standard InChI is InChI=1S/C24H24FN7O2/c1-13-19(11-28-23-22(13)26-4-5-34-23)18-6-15-8-21(27-9-16(15)7-20(18)25)31-24(33)30-14(2)17-10-29-32(3)12-17/h6-12,14,26H,4-5H2,1-3H3,(H2,27,30,31,33)/t14-/m1/s1. The summed E-state index contributed by atoms with van der Waals surface area (Å²) in [6.07, 6.45) is 6.71. The quantitative estimate of drug-likeness (QED) is 0.421. The summed E-state index contributed by atoms with van der Waals surface area (Å²) in [7, 11) is 1.82. The number of rotatable bonds is 4. The van der Waals surface area contributed by atoms with E-state index in [2.05, 4.69) is 31.0 Å². The second-order valence-electron chi connectivity index (χ2n) is 8.27. The summed E-state index contributed by atoms with van der Waals surface area (Å²) < 4.78 is 22.3. The van der Waals surface area contributed by atoms with E-state index in [1.165, 1.54) is 12.3 Å². The van der Waals surface area contributed by atoms with Crippen LogP contribution in [-0.2, 0) is 7.05 Å². The van der Waals surface area contributed by atoms with Gasteiger partial charge in [0.2, 0.25) is 5.88 Å². The van der Waals surface area contributed by atoms with Crippen molar-refractivity contribution in [2.45, 2.75) is 19.9 Å². The minimum atomic E-state index is -0.397. The second kappa shape index (κ2) is 8.62. The number of ether oxygens (including phenoxy) is 1. The highest BCUT2D eigenvalue weighted by Gasteiger charge is 2.19. The summed E-state index contributed by atoms with van der Waals surface area (Å²) in [5.74, 6) is 0.506. The van der Waals surface area contributed by atoms with E-state index in [9.17, 15) is 4.79 Å². The van der Waals surface area contributed by atoms with Crippen molar-refractivity contribution in [3.05, 3.63) is 59.9 Å². The third-order valence-corrected chi connectivity index (χ3v) is 5.86. The first-order valence-electron chi connectivity index (χ1n) is 10.9. The van der Waals surface area contributed by atoms with Crippen molar-refractivity contribution in [1.82, 2.24) is 25.1 Å². The molecule has 34 heavy (non-hydrogen) atoms. The highest BCUT2D eigenvalue weighted by atomic mass is 19.1. The Kier molecular flexibility index (Phi) is 5.48. The number of aromatic nitrogens is 4. The molecule has 0 spiro atoms. The molecular formula is C24H24FN7O2. The lowest BCUT2D eigenvalue weighted by molar-refractivity contribution is 0.249. The van der Waals surface area contributed by atoms with E-state index in [4.69, 9.17) is 4.74 Å². The largest absolute Gasteiger partial charge is 0.474 e. The van der Waals surface area contributed by atoms with Crippen LogP contribution < -0.4 is 20.7 Å². The number of carbonyl (C=O) groups is 1. The molecule has 4 aromatic rings. The van der Waals surface area contributed by atoms with Gasteiger partial charge in [0.25, 0.3) is 0 Å². The summed E-state index contributed by atoms with van der Waals surface area (Å²) in [5, 5.41) is 14.4. The van der Waals surface area contributed by atoms with Crippen molar-refractivity contribution in [3.8, 4) is 17.0 Å². The van der Waals surface area contributed by atoms with E-state index in [0.29, 0.717) is 41.4 Å². The highest BCUT2D eigenvalue weighted by Crippen LogP contribution is 2.37. The van der Waals surface area contributed by atoms with Crippen molar-refractivity contribution in [3.63, 3.8) is 0 Å². The maximum absolute atomic E-state index is 15.0. The third-order valence-electron chi connectivity index (χ3n) is 5.86. The van der Waals surface area contributed by atoms with Gasteiger partial charge in [0.1, 0.15) is 23.9 Å². The van der Waals surface area contributed by atoms with Gasteiger partial charge in [0, 0.05) is 54.3 Å². The van der Waals surface area contributed by atoms with Gasteiger partial charge in [-0.1, -0.05) is 0 Å². The number of urea groups is 1. The number of hydrogen-bond donors (Lipinski definition) is 3. The fourth-order valence-corrected chi connectivity index (χ4v) is 4.03. The van der Waals surface area contributed by atoms with Crippen molar-refractivity contribution >= 4 is 28.3 Å². The molecule has 0 saturated heterocycles. The average molecular weight is 462 g/mol. The zero-order valence-electron chi connectivity index (χ0n) is 19.0. The van der Waals surface area contributed by atoms with Gasteiger partial charge in [-0.05, 0) is 43.0 Å². The monoisotopic (exact) mass is 461 g/mol.